The van der Waals surface area contributed by atoms with Crippen LogP contribution in [0.3, 0.4) is 0 Å². The fraction of sp³-hybridized carbons (Fsp3) is 0.391. The van der Waals surface area contributed by atoms with Crippen LogP contribution in [-0.4, -0.2) is 56.8 Å². The van der Waals surface area contributed by atoms with Crippen molar-refractivity contribution in [2.24, 2.45) is 5.92 Å². The predicted molar refractivity (Wildman–Crippen MR) is 118 cm³/mol. The van der Waals surface area contributed by atoms with Gasteiger partial charge in [0, 0.05) is 51.4 Å². The Bertz CT molecular complexity index is 1120. The van der Waals surface area contributed by atoms with E-state index in [9.17, 15) is 18.5 Å². The molecule has 1 fully saturated rings. The smallest absolute Gasteiger partial charge is 0.244 e. The molecule has 31 heavy (non-hydrogen) atoms. The summed E-state index contributed by atoms with van der Waals surface area (Å²) in [5.74, 6) is -0.0900. The Balaban J connectivity index is 1.44. The number of para-hydroxylation sites is 1. The first-order valence-corrected chi connectivity index (χ1v) is 11.9. The van der Waals surface area contributed by atoms with Gasteiger partial charge in [0.1, 0.15) is 6.07 Å². The van der Waals surface area contributed by atoms with Crippen LogP contribution in [0.4, 0.5) is 5.69 Å². The minimum atomic E-state index is -3.75. The summed E-state index contributed by atoms with van der Waals surface area (Å²) >= 11 is 0. The second-order valence-electron chi connectivity index (χ2n) is 8.10. The van der Waals surface area contributed by atoms with Gasteiger partial charge in [-0.05, 0) is 36.6 Å². The lowest BCUT2D eigenvalue weighted by atomic mass is 9.96. The molecule has 0 aliphatic carbocycles. The van der Waals surface area contributed by atoms with Gasteiger partial charge < -0.3 is 9.80 Å². The number of hydrogen-bond acceptors (Lipinski definition) is 5. The van der Waals surface area contributed by atoms with E-state index in [2.05, 4.69) is 17.0 Å². The van der Waals surface area contributed by atoms with Crippen molar-refractivity contribution in [3.8, 4) is 6.07 Å². The lowest BCUT2D eigenvalue weighted by molar-refractivity contribution is -0.137. The molecule has 8 heteroatoms. The number of anilines is 1. The van der Waals surface area contributed by atoms with Gasteiger partial charge in [0.15, 0.2) is 0 Å². The molecule has 0 bridgehead atoms. The van der Waals surface area contributed by atoms with Crippen LogP contribution < -0.4 is 4.90 Å². The zero-order valence-electron chi connectivity index (χ0n) is 17.6. The maximum absolute atomic E-state index is 13.2. The van der Waals surface area contributed by atoms with Crippen molar-refractivity contribution in [1.29, 1.82) is 5.26 Å². The second kappa shape index (κ2) is 8.69. The Morgan fingerprint density at radius 3 is 2.42 bits per heavy atom. The number of likely N-dealkylation sites (N-methyl/N-ethyl adjacent to an activating group) is 1. The SMILES string of the molecule is CN1CCN(C(=O)C2CCN(S(=O)(=O)c3ccccc3C#N)CC2)Cc2ccccc21. The van der Waals surface area contributed by atoms with Crippen molar-refractivity contribution < 1.29 is 13.2 Å². The molecule has 1 saturated heterocycles. The van der Waals surface area contributed by atoms with Crippen molar-refractivity contribution in [2.45, 2.75) is 24.3 Å². The lowest BCUT2D eigenvalue weighted by Gasteiger charge is -2.33. The van der Waals surface area contributed by atoms with E-state index in [1.165, 1.54) is 16.4 Å². The summed E-state index contributed by atoms with van der Waals surface area (Å²) < 4.78 is 27.5. The van der Waals surface area contributed by atoms with Crippen molar-refractivity contribution in [2.75, 3.05) is 38.1 Å². The van der Waals surface area contributed by atoms with E-state index in [1.54, 1.807) is 12.1 Å². The highest BCUT2D eigenvalue weighted by molar-refractivity contribution is 7.89. The van der Waals surface area contributed by atoms with Crippen LogP contribution in [0.15, 0.2) is 53.4 Å². The molecule has 0 aromatic heterocycles. The largest absolute Gasteiger partial charge is 0.373 e. The molecule has 1 amide bonds. The van der Waals surface area contributed by atoms with Crippen LogP contribution in [0.1, 0.15) is 24.0 Å². The second-order valence-corrected chi connectivity index (χ2v) is 10.0. The summed E-state index contributed by atoms with van der Waals surface area (Å²) in [4.78, 5) is 17.4. The maximum atomic E-state index is 13.2. The molecular weight excluding hydrogens is 412 g/mol. The van der Waals surface area contributed by atoms with E-state index in [0.717, 1.165) is 17.8 Å². The van der Waals surface area contributed by atoms with Gasteiger partial charge in [-0.25, -0.2) is 8.42 Å². The maximum Gasteiger partial charge on any atom is 0.244 e. The molecule has 0 spiro atoms. The van der Waals surface area contributed by atoms with E-state index in [-0.39, 0.29) is 35.4 Å². The lowest BCUT2D eigenvalue weighted by Crippen LogP contribution is -2.45. The zero-order valence-corrected chi connectivity index (χ0v) is 18.4. The number of piperidine rings is 1. The molecule has 2 aliphatic heterocycles. The number of carbonyl (C=O) groups excluding carboxylic acids is 1. The molecule has 0 radical (unpaired) electrons. The zero-order chi connectivity index (χ0) is 22.0. The van der Waals surface area contributed by atoms with Crippen molar-refractivity contribution in [3.05, 3.63) is 59.7 Å². The Kier molecular flexibility index (Phi) is 5.99. The number of amides is 1. The number of rotatable bonds is 3. The molecule has 7 nitrogen and oxygen atoms in total. The van der Waals surface area contributed by atoms with Crippen LogP contribution in [-0.2, 0) is 21.4 Å². The summed E-state index contributed by atoms with van der Waals surface area (Å²) in [6.45, 7) is 2.55. The summed E-state index contributed by atoms with van der Waals surface area (Å²) in [5.41, 5.74) is 2.42. The number of sulfonamides is 1. The van der Waals surface area contributed by atoms with Crippen LogP contribution in [0, 0.1) is 17.2 Å². The molecule has 2 heterocycles. The molecule has 0 unspecified atom stereocenters. The van der Waals surface area contributed by atoms with Gasteiger partial charge in [-0.2, -0.15) is 9.57 Å². The number of benzene rings is 2. The fourth-order valence-corrected chi connectivity index (χ4v) is 6.02. The van der Waals surface area contributed by atoms with Crippen molar-refractivity contribution in [1.82, 2.24) is 9.21 Å². The molecule has 162 valence electrons. The van der Waals surface area contributed by atoms with E-state index < -0.39 is 10.0 Å². The molecule has 2 aliphatic rings. The summed E-state index contributed by atoms with van der Waals surface area (Å²) in [6.07, 6.45) is 0.974. The molecule has 0 saturated carbocycles. The molecule has 2 aromatic rings. The highest BCUT2D eigenvalue weighted by Crippen LogP contribution is 2.29. The quantitative estimate of drug-likeness (QED) is 0.735. The first-order chi connectivity index (χ1) is 14.9. The average Bonchev–Trinajstić information content (AvgIpc) is 2.97. The highest BCUT2D eigenvalue weighted by atomic mass is 32.2. The Morgan fingerprint density at radius 2 is 1.68 bits per heavy atom. The normalized spacial score (nSPS) is 18.2. The highest BCUT2D eigenvalue weighted by Gasteiger charge is 2.35. The van der Waals surface area contributed by atoms with Crippen LogP contribution >= 0.6 is 0 Å². The summed E-state index contributed by atoms with van der Waals surface area (Å²) in [6, 6.07) is 16.3. The third-order valence-electron chi connectivity index (χ3n) is 6.21. The minimum Gasteiger partial charge on any atom is -0.373 e. The van der Waals surface area contributed by atoms with Gasteiger partial charge in [0.05, 0.1) is 10.5 Å². The summed E-state index contributed by atoms with van der Waals surface area (Å²) in [7, 11) is -1.72. The van der Waals surface area contributed by atoms with Gasteiger partial charge in [0.25, 0.3) is 0 Å². The minimum absolute atomic E-state index is 0.0365. The van der Waals surface area contributed by atoms with Gasteiger partial charge in [-0.1, -0.05) is 30.3 Å². The van der Waals surface area contributed by atoms with Crippen molar-refractivity contribution in [3.63, 3.8) is 0 Å². The molecule has 2 aromatic carbocycles. The van der Waals surface area contributed by atoms with Gasteiger partial charge >= 0.3 is 0 Å². The monoisotopic (exact) mass is 438 g/mol. The third-order valence-corrected chi connectivity index (χ3v) is 8.17. The molecule has 0 N–H and O–H groups in total. The number of carbonyl (C=O) groups is 1. The first-order valence-electron chi connectivity index (χ1n) is 10.5. The predicted octanol–water partition coefficient (Wildman–Crippen LogP) is 2.44. The number of nitrogens with zero attached hydrogens (tertiary/aromatic N) is 4. The molecule has 4 rings (SSSR count). The van der Waals surface area contributed by atoms with E-state index >= 15 is 0 Å². The van der Waals surface area contributed by atoms with Crippen LogP contribution in [0.2, 0.25) is 0 Å². The number of hydrogen-bond donors (Lipinski definition) is 0. The van der Waals surface area contributed by atoms with E-state index in [4.69, 9.17) is 0 Å². The fourth-order valence-electron chi connectivity index (χ4n) is 4.41. The Labute approximate surface area is 183 Å². The van der Waals surface area contributed by atoms with Gasteiger partial charge in [0.2, 0.25) is 15.9 Å². The summed E-state index contributed by atoms with van der Waals surface area (Å²) in [5, 5.41) is 9.26. The van der Waals surface area contributed by atoms with Crippen LogP contribution in [0.5, 0.6) is 0 Å². The Hall–Kier alpha value is -2.89. The van der Waals surface area contributed by atoms with Gasteiger partial charge in [-0.15, -0.1) is 0 Å². The van der Waals surface area contributed by atoms with Crippen molar-refractivity contribution >= 4 is 21.6 Å². The average molecular weight is 439 g/mol. The topological polar surface area (TPSA) is 84.7 Å². The number of fused-ring (bicyclic) bond motifs is 1. The molecule has 0 atom stereocenters. The van der Waals surface area contributed by atoms with Crippen LogP contribution in [0.25, 0.3) is 0 Å². The van der Waals surface area contributed by atoms with E-state index in [0.29, 0.717) is 25.9 Å². The first kappa shape index (κ1) is 21.3. The standard InChI is InChI=1S/C23H26N4O3S/c1-25-14-15-26(17-20-7-2-4-8-21(20)25)23(28)18-10-12-27(13-11-18)31(29,30)22-9-5-3-6-19(22)16-24/h2-9,18H,10-15,17H2,1H3. The third kappa shape index (κ3) is 4.16. The molecular formula is C23H26N4O3S. The number of nitriles is 1. The van der Waals surface area contributed by atoms with E-state index in [1.807, 2.05) is 30.1 Å². The Morgan fingerprint density at radius 1 is 1.00 bits per heavy atom. The van der Waals surface area contributed by atoms with Gasteiger partial charge in [-0.3, -0.25) is 4.79 Å².